The van der Waals surface area contributed by atoms with Gasteiger partial charge in [-0.25, -0.2) is 0 Å². The number of rotatable bonds is 7. The van der Waals surface area contributed by atoms with E-state index in [0.29, 0.717) is 18.5 Å². The second-order valence-electron chi connectivity index (χ2n) is 4.92. The molecule has 0 bridgehead atoms. The molecule has 1 aromatic heterocycles. The quantitative estimate of drug-likeness (QED) is 0.306. The van der Waals surface area contributed by atoms with Gasteiger partial charge < -0.3 is 16.3 Å². The zero-order valence-electron chi connectivity index (χ0n) is 12.3. The summed E-state index contributed by atoms with van der Waals surface area (Å²) < 4.78 is 1.60. The summed E-state index contributed by atoms with van der Waals surface area (Å²) in [6.45, 7) is 3.93. The van der Waals surface area contributed by atoms with Crippen molar-refractivity contribution in [3.63, 3.8) is 0 Å². The van der Waals surface area contributed by atoms with E-state index in [-0.39, 0.29) is 11.7 Å². The highest BCUT2D eigenvalue weighted by Crippen LogP contribution is 2.32. The molecule has 1 rings (SSSR count). The molecule has 0 aliphatic heterocycles. The van der Waals surface area contributed by atoms with Gasteiger partial charge in [0, 0.05) is 13.2 Å². The molecule has 7 nitrogen and oxygen atoms in total. The Kier molecular flexibility index (Phi) is 5.54. The average Bonchev–Trinajstić information content (AvgIpc) is 2.82. The monoisotopic (exact) mass is 281 g/mol. The third kappa shape index (κ3) is 3.28. The molecular weight excluding hydrogens is 258 g/mol. The molecule has 0 aromatic carbocycles. The summed E-state index contributed by atoms with van der Waals surface area (Å²) in [6, 6.07) is 0. The van der Waals surface area contributed by atoms with E-state index in [2.05, 4.69) is 15.6 Å². The maximum atomic E-state index is 12.6. The zero-order chi connectivity index (χ0) is 15.2. The van der Waals surface area contributed by atoms with E-state index in [4.69, 9.17) is 10.9 Å². The maximum absolute atomic E-state index is 12.6. The van der Waals surface area contributed by atoms with E-state index in [0.717, 1.165) is 12.8 Å². The Bertz CT molecular complexity index is 475. The highest BCUT2D eigenvalue weighted by atomic mass is 16.4. The number of aromatic nitrogens is 2. The molecule has 0 saturated carbocycles. The Morgan fingerprint density at radius 2 is 2.10 bits per heavy atom. The smallest absolute Gasteiger partial charge is 0.238 e. The summed E-state index contributed by atoms with van der Waals surface area (Å²) in [6.07, 6.45) is 5.85. The van der Waals surface area contributed by atoms with Crippen molar-refractivity contribution in [3.05, 3.63) is 12.4 Å². The standard InChI is InChI=1S/C13H23N5O2/c1-4-6-13(7-5-2,11(14)17-20)12(19)16-10-8-15-18(3)9-10/h8-9,20H,4-7H2,1-3H3,(H2,14,17)(H,16,19). The lowest BCUT2D eigenvalue weighted by atomic mass is 9.77. The molecule has 0 atom stereocenters. The molecule has 0 spiro atoms. The zero-order valence-corrected chi connectivity index (χ0v) is 12.3. The van der Waals surface area contributed by atoms with Crippen molar-refractivity contribution < 1.29 is 10.0 Å². The van der Waals surface area contributed by atoms with Gasteiger partial charge in [0.05, 0.1) is 11.9 Å². The van der Waals surface area contributed by atoms with Crippen LogP contribution >= 0.6 is 0 Å². The lowest BCUT2D eigenvalue weighted by Crippen LogP contribution is -2.47. The number of carbonyl (C=O) groups excluding carboxylic acids is 1. The van der Waals surface area contributed by atoms with E-state index in [1.165, 1.54) is 0 Å². The molecule has 1 heterocycles. The summed E-state index contributed by atoms with van der Waals surface area (Å²) in [5.41, 5.74) is 5.42. The number of amidine groups is 1. The minimum Gasteiger partial charge on any atom is -0.409 e. The van der Waals surface area contributed by atoms with Gasteiger partial charge in [0.25, 0.3) is 0 Å². The van der Waals surface area contributed by atoms with Gasteiger partial charge in [-0.15, -0.1) is 0 Å². The fourth-order valence-corrected chi connectivity index (χ4v) is 2.41. The van der Waals surface area contributed by atoms with Crippen LogP contribution in [0.4, 0.5) is 5.69 Å². The van der Waals surface area contributed by atoms with Crippen molar-refractivity contribution in [2.24, 2.45) is 23.4 Å². The first kappa shape index (κ1) is 16.0. The Labute approximate surface area is 118 Å². The van der Waals surface area contributed by atoms with Gasteiger partial charge in [0.2, 0.25) is 5.91 Å². The van der Waals surface area contributed by atoms with Crippen molar-refractivity contribution in [1.82, 2.24) is 9.78 Å². The van der Waals surface area contributed by atoms with Crippen molar-refractivity contribution in [2.45, 2.75) is 39.5 Å². The maximum Gasteiger partial charge on any atom is 0.238 e. The van der Waals surface area contributed by atoms with Crippen LogP contribution < -0.4 is 11.1 Å². The minimum absolute atomic E-state index is 0.0393. The first-order chi connectivity index (χ1) is 9.50. The van der Waals surface area contributed by atoms with E-state index >= 15 is 0 Å². The number of anilines is 1. The average molecular weight is 281 g/mol. The number of nitrogens with one attached hydrogen (secondary N) is 1. The summed E-state index contributed by atoms with van der Waals surface area (Å²) in [4.78, 5) is 12.6. The number of nitrogens with two attached hydrogens (primary N) is 1. The molecule has 0 fully saturated rings. The molecule has 0 saturated heterocycles. The van der Waals surface area contributed by atoms with Gasteiger partial charge in [-0.3, -0.25) is 9.48 Å². The second kappa shape index (κ2) is 6.93. The molecule has 112 valence electrons. The summed E-state index contributed by atoms with van der Waals surface area (Å²) in [5.74, 6) is -0.299. The first-order valence-corrected chi connectivity index (χ1v) is 6.78. The summed E-state index contributed by atoms with van der Waals surface area (Å²) >= 11 is 0. The topological polar surface area (TPSA) is 106 Å². The van der Waals surface area contributed by atoms with E-state index < -0.39 is 5.41 Å². The number of carbonyl (C=O) groups is 1. The van der Waals surface area contributed by atoms with Crippen LogP contribution in [0.15, 0.2) is 17.5 Å². The predicted octanol–water partition coefficient (Wildman–Crippen LogP) is 1.69. The number of oxime groups is 1. The van der Waals surface area contributed by atoms with Gasteiger partial charge in [0.1, 0.15) is 5.41 Å². The number of hydrogen-bond donors (Lipinski definition) is 3. The largest absolute Gasteiger partial charge is 0.409 e. The van der Waals surface area contributed by atoms with Gasteiger partial charge >= 0.3 is 0 Å². The normalized spacial score (nSPS) is 12.4. The highest BCUT2D eigenvalue weighted by molar-refractivity contribution is 6.11. The van der Waals surface area contributed by atoms with Gasteiger partial charge in [0.15, 0.2) is 5.84 Å². The Balaban J connectivity index is 3.04. The number of hydrogen-bond acceptors (Lipinski definition) is 4. The van der Waals surface area contributed by atoms with Crippen LogP contribution in [0.2, 0.25) is 0 Å². The SMILES string of the molecule is CCCC(CCC)(C(=O)Nc1cnn(C)c1)C(N)=NO. The molecule has 4 N–H and O–H groups in total. The lowest BCUT2D eigenvalue weighted by Gasteiger charge is -2.30. The van der Waals surface area contributed by atoms with E-state index in [1.54, 1.807) is 24.1 Å². The van der Waals surface area contributed by atoms with Crippen LogP contribution in [-0.2, 0) is 11.8 Å². The Morgan fingerprint density at radius 1 is 1.50 bits per heavy atom. The number of amides is 1. The van der Waals surface area contributed by atoms with E-state index in [9.17, 15) is 4.79 Å². The molecule has 0 unspecified atom stereocenters. The summed E-state index contributed by atoms with van der Waals surface area (Å²) in [7, 11) is 1.77. The third-order valence-corrected chi connectivity index (χ3v) is 3.35. The van der Waals surface area contributed by atoms with Gasteiger partial charge in [-0.2, -0.15) is 5.10 Å². The van der Waals surface area contributed by atoms with Crippen LogP contribution in [0.5, 0.6) is 0 Å². The predicted molar refractivity (Wildman–Crippen MR) is 77.5 cm³/mol. The highest BCUT2D eigenvalue weighted by Gasteiger charge is 2.41. The molecule has 1 amide bonds. The van der Waals surface area contributed by atoms with Crippen molar-refractivity contribution in [1.29, 1.82) is 0 Å². The van der Waals surface area contributed by atoms with Crippen molar-refractivity contribution in [3.8, 4) is 0 Å². The van der Waals surface area contributed by atoms with Crippen molar-refractivity contribution in [2.75, 3.05) is 5.32 Å². The second-order valence-corrected chi connectivity index (χ2v) is 4.92. The Hall–Kier alpha value is -2.05. The van der Waals surface area contributed by atoms with Crippen LogP contribution in [0.25, 0.3) is 0 Å². The third-order valence-electron chi connectivity index (χ3n) is 3.35. The number of aryl methyl sites for hydroxylation is 1. The molecule has 0 aliphatic carbocycles. The van der Waals surface area contributed by atoms with E-state index in [1.807, 2.05) is 13.8 Å². The number of nitrogens with zero attached hydrogens (tertiary/aromatic N) is 3. The van der Waals surface area contributed by atoms with Gasteiger partial charge in [-0.1, -0.05) is 31.8 Å². The van der Waals surface area contributed by atoms with Crippen molar-refractivity contribution >= 4 is 17.4 Å². The minimum atomic E-state index is -0.978. The fraction of sp³-hybridized carbons (Fsp3) is 0.615. The molecule has 1 aromatic rings. The van der Waals surface area contributed by atoms with Crippen LogP contribution in [0, 0.1) is 5.41 Å². The van der Waals surface area contributed by atoms with Crippen LogP contribution in [-0.4, -0.2) is 26.7 Å². The lowest BCUT2D eigenvalue weighted by molar-refractivity contribution is -0.123. The summed E-state index contributed by atoms with van der Waals surface area (Å²) in [5, 5.41) is 18.9. The Morgan fingerprint density at radius 3 is 2.50 bits per heavy atom. The molecule has 20 heavy (non-hydrogen) atoms. The fourth-order valence-electron chi connectivity index (χ4n) is 2.41. The van der Waals surface area contributed by atoms with Crippen LogP contribution in [0.3, 0.4) is 0 Å². The molecule has 7 heteroatoms. The molecular formula is C13H23N5O2. The molecule has 0 aliphatic rings. The molecule has 0 radical (unpaired) electrons. The van der Waals surface area contributed by atoms with Gasteiger partial charge in [-0.05, 0) is 12.8 Å². The van der Waals surface area contributed by atoms with Crippen LogP contribution in [0.1, 0.15) is 39.5 Å². The first-order valence-electron chi connectivity index (χ1n) is 6.78.